The van der Waals surface area contributed by atoms with Gasteiger partial charge >= 0.3 is 6.18 Å². The first-order valence-electron chi connectivity index (χ1n) is 6.65. The number of nitro groups is 1. The minimum Gasteiger partial charge on any atom is -0.258 e. The Labute approximate surface area is 142 Å². The number of halogens is 4. The number of rotatable bonds is 3. The van der Waals surface area contributed by atoms with E-state index in [1.54, 1.807) is 0 Å². The van der Waals surface area contributed by atoms with Crippen LogP contribution in [-0.2, 0) is 6.18 Å². The molecule has 0 fully saturated rings. The molecule has 0 saturated heterocycles. The third-order valence-electron chi connectivity index (χ3n) is 3.23. The second kappa shape index (κ2) is 6.13. The van der Waals surface area contributed by atoms with Gasteiger partial charge in [0.2, 0.25) is 0 Å². The molecule has 25 heavy (non-hydrogen) atoms. The van der Waals surface area contributed by atoms with Crippen molar-refractivity contribution in [3.8, 4) is 17.2 Å². The van der Waals surface area contributed by atoms with E-state index < -0.39 is 16.7 Å². The van der Waals surface area contributed by atoms with Gasteiger partial charge in [-0.3, -0.25) is 15.1 Å². The molecule has 2 heterocycles. The molecule has 0 aliphatic rings. The first-order valence-corrected chi connectivity index (χ1v) is 7.03. The lowest BCUT2D eigenvalue weighted by atomic mass is 10.2. The number of benzene rings is 1. The topological polar surface area (TPSA) is 86.7 Å². The fourth-order valence-electron chi connectivity index (χ4n) is 2.06. The molecule has 7 nitrogen and oxygen atoms in total. The average molecular weight is 370 g/mol. The first kappa shape index (κ1) is 16.8. The predicted molar refractivity (Wildman–Crippen MR) is 81.3 cm³/mol. The smallest absolute Gasteiger partial charge is 0.258 e. The van der Waals surface area contributed by atoms with Crippen molar-refractivity contribution in [1.82, 2.24) is 19.7 Å². The van der Waals surface area contributed by atoms with Crippen molar-refractivity contribution in [3.05, 3.63) is 63.6 Å². The Kier molecular flexibility index (Phi) is 4.13. The van der Waals surface area contributed by atoms with Crippen LogP contribution in [0, 0.1) is 10.1 Å². The summed E-state index contributed by atoms with van der Waals surface area (Å²) in [4.78, 5) is 17.8. The number of alkyl halides is 3. The maximum Gasteiger partial charge on any atom is 0.417 e. The summed E-state index contributed by atoms with van der Waals surface area (Å²) in [5, 5.41) is 14.4. The summed E-state index contributed by atoms with van der Waals surface area (Å²) in [5.41, 5.74) is -0.680. The Morgan fingerprint density at radius 2 is 1.84 bits per heavy atom. The van der Waals surface area contributed by atoms with Gasteiger partial charge in [0.05, 0.1) is 21.2 Å². The highest BCUT2D eigenvalue weighted by Gasteiger charge is 2.32. The zero-order valence-corrected chi connectivity index (χ0v) is 12.9. The number of nitro benzene ring substituents is 1. The van der Waals surface area contributed by atoms with Crippen LogP contribution in [0.5, 0.6) is 0 Å². The van der Waals surface area contributed by atoms with Crippen molar-refractivity contribution < 1.29 is 18.1 Å². The van der Waals surface area contributed by atoms with Gasteiger partial charge in [0.1, 0.15) is 12.0 Å². The molecule has 2 aromatic heterocycles. The lowest BCUT2D eigenvalue weighted by Crippen LogP contribution is -2.07. The van der Waals surface area contributed by atoms with E-state index in [1.165, 1.54) is 35.3 Å². The third kappa shape index (κ3) is 3.29. The van der Waals surface area contributed by atoms with Crippen molar-refractivity contribution in [3.63, 3.8) is 0 Å². The Hall–Kier alpha value is -3.01. The van der Waals surface area contributed by atoms with E-state index in [0.717, 1.165) is 6.07 Å². The van der Waals surface area contributed by atoms with Gasteiger partial charge in [-0.1, -0.05) is 11.6 Å². The van der Waals surface area contributed by atoms with E-state index in [1.807, 2.05) is 0 Å². The van der Waals surface area contributed by atoms with E-state index in [9.17, 15) is 23.3 Å². The van der Waals surface area contributed by atoms with Gasteiger partial charge in [0.25, 0.3) is 5.69 Å². The van der Waals surface area contributed by atoms with Crippen LogP contribution >= 0.6 is 11.6 Å². The summed E-state index contributed by atoms with van der Waals surface area (Å²) in [7, 11) is 0. The van der Waals surface area contributed by atoms with Crippen LogP contribution in [0.4, 0.5) is 18.9 Å². The number of aromatic nitrogens is 4. The van der Waals surface area contributed by atoms with Gasteiger partial charge in [0, 0.05) is 18.3 Å². The molecule has 0 N–H and O–H groups in total. The van der Waals surface area contributed by atoms with Crippen molar-refractivity contribution in [2.75, 3.05) is 0 Å². The monoisotopic (exact) mass is 369 g/mol. The normalized spacial score (nSPS) is 11.5. The zero-order valence-electron chi connectivity index (χ0n) is 12.1. The predicted octanol–water partition coefficient (Wildman–Crippen LogP) is 3.91. The summed E-state index contributed by atoms with van der Waals surface area (Å²) in [5.74, 6) is 0.104. The van der Waals surface area contributed by atoms with Gasteiger partial charge < -0.3 is 0 Å². The quantitative estimate of drug-likeness (QED) is 0.516. The van der Waals surface area contributed by atoms with Crippen LogP contribution in [0.2, 0.25) is 5.02 Å². The van der Waals surface area contributed by atoms with Crippen LogP contribution in [0.25, 0.3) is 17.2 Å². The Morgan fingerprint density at radius 3 is 2.40 bits per heavy atom. The molecule has 0 aliphatic carbocycles. The van der Waals surface area contributed by atoms with E-state index >= 15 is 0 Å². The molecule has 0 radical (unpaired) electrons. The van der Waals surface area contributed by atoms with Crippen molar-refractivity contribution >= 4 is 17.3 Å². The number of non-ortho nitro benzene ring substituents is 1. The van der Waals surface area contributed by atoms with Crippen molar-refractivity contribution in [1.29, 1.82) is 0 Å². The fraction of sp³-hybridized carbons (Fsp3) is 0.0714. The molecule has 3 rings (SSSR count). The number of hydrogen-bond donors (Lipinski definition) is 0. The highest BCUT2D eigenvalue weighted by Crippen LogP contribution is 2.33. The number of hydrogen-bond acceptors (Lipinski definition) is 5. The van der Waals surface area contributed by atoms with Crippen molar-refractivity contribution in [2.24, 2.45) is 0 Å². The van der Waals surface area contributed by atoms with E-state index in [4.69, 9.17) is 11.6 Å². The summed E-state index contributed by atoms with van der Waals surface area (Å²) >= 11 is 5.92. The lowest BCUT2D eigenvalue weighted by Gasteiger charge is -2.10. The third-order valence-corrected chi connectivity index (χ3v) is 3.52. The maximum absolute atomic E-state index is 12.7. The molecule has 128 valence electrons. The molecule has 0 unspecified atom stereocenters. The molecule has 11 heteroatoms. The Morgan fingerprint density at radius 1 is 1.16 bits per heavy atom. The second-order valence-electron chi connectivity index (χ2n) is 4.82. The summed E-state index contributed by atoms with van der Waals surface area (Å²) in [6.45, 7) is 0. The molecular formula is C14H7ClF3N5O2. The zero-order chi connectivity index (χ0) is 18.2. The molecular weight excluding hydrogens is 363 g/mol. The van der Waals surface area contributed by atoms with Crippen LogP contribution in [0.3, 0.4) is 0 Å². The van der Waals surface area contributed by atoms with Gasteiger partial charge in [-0.2, -0.15) is 18.3 Å². The van der Waals surface area contributed by atoms with Gasteiger partial charge in [-0.25, -0.2) is 9.67 Å². The van der Waals surface area contributed by atoms with E-state index in [-0.39, 0.29) is 22.2 Å². The van der Waals surface area contributed by atoms with Crippen LogP contribution in [0.1, 0.15) is 5.56 Å². The van der Waals surface area contributed by atoms with Crippen LogP contribution in [-0.4, -0.2) is 24.7 Å². The van der Waals surface area contributed by atoms with E-state index in [2.05, 4.69) is 15.1 Å². The van der Waals surface area contributed by atoms with Gasteiger partial charge in [-0.05, 0) is 18.2 Å². The molecule has 0 atom stereocenters. The molecule has 0 amide bonds. The number of nitrogens with zero attached hydrogens (tertiary/aromatic N) is 5. The largest absolute Gasteiger partial charge is 0.417 e. The molecule has 3 aromatic rings. The average Bonchev–Trinajstić information content (AvgIpc) is 3.03. The summed E-state index contributed by atoms with van der Waals surface area (Å²) in [6, 6.07) is 6.13. The molecule has 0 spiro atoms. The standard InChI is InChI=1S/C14H7ClF3N5O2/c15-11-5-8(14(16,17)18)6-19-12(11)13-20-7-21-22(13)9-1-3-10(4-2-9)23(24)25/h1-7H. The summed E-state index contributed by atoms with van der Waals surface area (Å²) < 4.78 is 39.4. The fourth-order valence-corrected chi connectivity index (χ4v) is 2.32. The highest BCUT2D eigenvalue weighted by atomic mass is 35.5. The van der Waals surface area contributed by atoms with Gasteiger partial charge in [-0.15, -0.1) is 0 Å². The SMILES string of the molecule is O=[N+]([O-])c1ccc(-n2ncnc2-c2ncc(C(F)(F)F)cc2Cl)cc1. The molecule has 1 aromatic carbocycles. The summed E-state index contributed by atoms with van der Waals surface area (Å²) in [6.07, 6.45) is -2.75. The van der Waals surface area contributed by atoms with Crippen LogP contribution < -0.4 is 0 Å². The molecule has 0 saturated carbocycles. The van der Waals surface area contributed by atoms with E-state index in [0.29, 0.717) is 11.9 Å². The van der Waals surface area contributed by atoms with Crippen LogP contribution in [0.15, 0.2) is 42.9 Å². The minimum atomic E-state index is -4.57. The minimum absolute atomic E-state index is 0.00511. The lowest BCUT2D eigenvalue weighted by molar-refractivity contribution is -0.384. The van der Waals surface area contributed by atoms with Gasteiger partial charge in [0.15, 0.2) is 5.82 Å². The Balaban J connectivity index is 2.04. The Bertz CT molecular complexity index is 940. The number of pyridine rings is 1. The first-order chi connectivity index (χ1) is 11.8. The second-order valence-corrected chi connectivity index (χ2v) is 5.23. The maximum atomic E-state index is 12.7. The van der Waals surface area contributed by atoms with Crippen molar-refractivity contribution in [2.45, 2.75) is 6.18 Å². The molecule has 0 bridgehead atoms. The highest BCUT2D eigenvalue weighted by molar-refractivity contribution is 6.32. The molecule has 0 aliphatic heterocycles.